The standard InChI is InChI=1S/C17H18ClN3O.C13H10ClN3O/c1-10-7-12(17(2,3)4)16(22)15(8-10)21-19-13-6-5-11(18)9-14(13)20-21;1-8-2-5-13(18)12(6-8)17-15-10-4-3-9(14)7-11(10)16-17/h5-9,22H,1-4H3;2-7,18H,1H3. The number of benzene rings is 4. The van der Waals surface area contributed by atoms with Crippen LogP contribution in [0.15, 0.2) is 66.7 Å². The van der Waals surface area contributed by atoms with E-state index in [2.05, 4.69) is 41.2 Å². The summed E-state index contributed by atoms with van der Waals surface area (Å²) in [6.07, 6.45) is 0. The summed E-state index contributed by atoms with van der Waals surface area (Å²) in [5, 5.41) is 39.2. The molecule has 4 aromatic carbocycles. The molecule has 2 N–H and O–H groups in total. The number of aromatic hydroxyl groups is 2. The molecule has 0 unspecified atom stereocenters. The molecular weight excluding hydrogens is 547 g/mol. The average Bonchev–Trinajstić information content (AvgIpc) is 3.49. The number of hydrogen-bond donors (Lipinski definition) is 2. The fourth-order valence-corrected chi connectivity index (χ4v) is 4.60. The first-order valence-corrected chi connectivity index (χ1v) is 13.3. The van der Waals surface area contributed by atoms with Gasteiger partial charge in [0.05, 0.1) is 0 Å². The van der Waals surface area contributed by atoms with Gasteiger partial charge in [-0.3, -0.25) is 0 Å². The van der Waals surface area contributed by atoms with Crippen molar-refractivity contribution in [2.45, 2.75) is 40.0 Å². The summed E-state index contributed by atoms with van der Waals surface area (Å²) in [5.74, 6) is 0.358. The molecule has 0 amide bonds. The van der Waals surface area contributed by atoms with Gasteiger partial charge in [-0.05, 0) is 85.0 Å². The third-order valence-corrected chi connectivity index (χ3v) is 6.76. The van der Waals surface area contributed by atoms with E-state index >= 15 is 0 Å². The van der Waals surface area contributed by atoms with Crippen molar-refractivity contribution in [1.82, 2.24) is 30.0 Å². The van der Waals surface area contributed by atoms with Crippen LogP contribution in [0.4, 0.5) is 0 Å². The summed E-state index contributed by atoms with van der Waals surface area (Å²) >= 11 is 11.9. The van der Waals surface area contributed by atoms with Gasteiger partial charge in [0.25, 0.3) is 0 Å². The van der Waals surface area contributed by atoms with Crippen LogP contribution in [0.25, 0.3) is 33.4 Å². The molecule has 0 radical (unpaired) electrons. The number of fused-ring (bicyclic) bond motifs is 2. The molecule has 0 aliphatic rings. The Labute approximate surface area is 241 Å². The van der Waals surface area contributed by atoms with Crippen LogP contribution >= 0.6 is 23.2 Å². The zero-order chi connectivity index (χ0) is 28.8. The van der Waals surface area contributed by atoms with Crippen LogP contribution in [0.2, 0.25) is 10.0 Å². The highest BCUT2D eigenvalue weighted by Crippen LogP contribution is 2.36. The second-order valence-corrected chi connectivity index (χ2v) is 11.5. The molecule has 0 aliphatic heterocycles. The molecule has 6 rings (SSSR count). The number of phenolic OH excluding ortho intramolecular Hbond substituents is 2. The second kappa shape index (κ2) is 10.4. The highest BCUT2D eigenvalue weighted by atomic mass is 35.5. The van der Waals surface area contributed by atoms with Gasteiger partial charge in [0.1, 0.15) is 44.9 Å². The van der Waals surface area contributed by atoms with Gasteiger partial charge in [-0.1, -0.05) is 56.1 Å². The topological polar surface area (TPSA) is 102 Å². The largest absolute Gasteiger partial charge is 0.506 e. The van der Waals surface area contributed by atoms with Crippen molar-refractivity contribution in [1.29, 1.82) is 0 Å². The molecule has 8 nitrogen and oxygen atoms in total. The molecule has 40 heavy (non-hydrogen) atoms. The van der Waals surface area contributed by atoms with E-state index in [1.54, 1.807) is 36.4 Å². The summed E-state index contributed by atoms with van der Waals surface area (Å²) < 4.78 is 0. The molecule has 0 fully saturated rings. The number of aryl methyl sites for hydroxylation is 2. The molecule has 0 aliphatic carbocycles. The van der Waals surface area contributed by atoms with Gasteiger partial charge in [0.15, 0.2) is 0 Å². The van der Waals surface area contributed by atoms with E-state index in [1.165, 1.54) is 9.59 Å². The monoisotopic (exact) mass is 574 g/mol. The van der Waals surface area contributed by atoms with Gasteiger partial charge in [-0.2, -0.15) is 0 Å². The highest BCUT2D eigenvalue weighted by Gasteiger charge is 2.22. The summed E-state index contributed by atoms with van der Waals surface area (Å²) in [5.41, 5.74) is 6.80. The van der Waals surface area contributed by atoms with Crippen molar-refractivity contribution in [2.24, 2.45) is 0 Å². The quantitative estimate of drug-likeness (QED) is 0.222. The Kier molecular flexibility index (Phi) is 7.16. The molecular formula is C30H28Cl2N6O2. The first kappa shape index (κ1) is 27.4. The zero-order valence-corrected chi connectivity index (χ0v) is 24.2. The van der Waals surface area contributed by atoms with E-state index in [4.69, 9.17) is 23.2 Å². The minimum atomic E-state index is -0.166. The van der Waals surface area contributed by atoms with Crippen LogP contribution in [0, 0.1) is 13.8 Å². The summed E-state index contributed by atoms with van der Waals surface area (Å²) in [6.45, 7) is 10.1. The van der Waals surface area contributed by atoms with Gasteiger partial charge >= 0.3 is 0 Å². The maximum absolute atomic E-state index is 10.7. The van der Waals surface area contributed by atoms with Crippen molar-refractivity contribution in [3.63, 3.8) is 0 Å². The Bertz CT molecular complexity index is 1870. The van der Waals surface area contributed by atoms with Crippen LogP contribution in [0.1, 0.15) is 37.5 Å². The number of phenols is 2. The maximum Gasteiger partial charge on any atom is 0.146 e. The lowest BCUT2D eigenvalue weighted by Crippen LogP contribution is -2.13. The van der Waals surface area contributed by atoms with Crippen LogP contribution < -0.4 is 0 Å². The second-order valence-electron chi connectivity index (χ2n) is 10.7. The van der Waals surface area contributed by atoms with Crippen molar-refractivity contribution in [2.75, 3.05) is 0 Å². The molecule has 204 valence electrons. The van der Waals surface area contributed by atoms with E-state index < -0.39 is 0 Å². The predicted molar refractivity (Wildman–Crippen MR) is 159 cm³/mol. The zero-order valence-electron chi connectivity index (χ0n) is 22.7. The molecule has 0 bridgehead atoms. The molecule has 0 spiro atoms. The van der Waals surface area contributed by atoms with E-state index in [0.29, 0.717) is 32.5 Å². The van der Waals surface area contributed by atoms with Crippen molar-refractivity contribution < 1.29 is 10.2 Å². The Balaban J connectivity index is 0.000000164. The van der Waals surface area contributed by atoms with Crippen molar-refractivity contribution in [3.05, 3.63) is 93.5 Å². The SMILES string of the molecule is Cc1cc(-n2nc3ccc(Cl)cc3n2)c(O)c(C(C)(C)C)c1.Cc1ccc(O)c(-n2nc3ccc(Cl)cc3n2)c1. The van der Waals surface area contributed by atoms with Crippen LogP contribution in [0.5, 0.6) is 11.5 Å². The predicted octanol–water partition coefficient (Wildman–Crippen LogP) is 7.47. The fraction of sp³-hybridized carbons (Fsp3) is 0.200. The van der Waals surface area contributed by atoms with Crippen LogP contribution in [-0.2, 0) is 5.41 Å². The summed E-state index contributed by atoms with van der Waals surface area (Å²) in [7, 11) is 0. The number of rotatable bonds is 2. The maximum atomic E-state index is 10.7. The van der Waals surface area contributed by atoms with Gasteiger partial charge in [-0.15, -0.1) is 30.0 Å². The highest BCUT2D eigenvalue weighted by molar-refractivity contribution is 6.31. The first-order chi connectivity index (χ1) is 18.9. The smallest absolute Gasteiger partial charge is 0.146 e. The first-order valence-electron chi connectivity index (χ1n) is 12.6. The van der Waals surface area contributed by atoms with Gasteiger partial charge in [-0.25, -0.2) is 0 Å². The third-order valence-electron chi connectivity index (χ3n) is 6.29. The molecule has 6 aromatic rings. The Morgan fingerprint density at radius 3 is 1.65 bits per heavy atom. The third kappa shape index (κ3) is 5.59. The van der Waals surface area contributed by atoms with E-state index in [-0.39, 0.29) is 16.9 Å². The van der Waals surface area contributed by atoms with E-state index in [1.807, 2.05) is 44.2 Å². The molecule has 2 aromatic heterocycles. The number of halogens is 2. The van der Waals surface area contributed by atoms with E-state index in [9.17, 15) is 10.2 Å². The molecule has 2 heterocycles. The summed E-state index contributed by atoms with van der Waals surface area (Å²) in [6, 6.07) is 19.8. The minimum absolute atomic E-state index is 0.145. The van der Waals surface area contributed by atoms with Crippen LogP contribution in [0.3, 0.4) is 0 Å². The summed E-state index contributed by atoms with van der Waals surface area (Å²) in [4.78, 5) is 2.89. The Morgan fingerprint density at radius 1 is 0.600 bits per heavy atom. The van der Waals surface area contributed by atoms with Crippen molar-refractivity contribution >= 4 is 45.3 Å². The molecule has 10 heteroatoms. The number of aromatic nitrogens is 6. The normalized spacial score (nSPS) is 11.6. The van der Waals surface area contributed by atoms with E-state index in [0.717, 1.165) is 27.7 Å². The lowest BCUT2D eigenvalue weighted by atomic mass is 9.85. The Morgan fingerprint density at radius 2 is 1.10 bits per heavy atom. The van der Waals surface area contributed by atoms with Gasteiger partial charge in [0.2, 0.25) is 0 Å². The lowest BCUT2D eigenvalue weighted by Gasteiger charge is -2.22. The molecule has 0 atom stereocenters. The van der Waals surface area contributed by atoms with Gasteiger partial charge in [0, 0.05) is 15.6 Å². The lowest BCUT2D eigenvalue weighted by molar-refractivity contribution is 0.440. The van der Waals surface area contributed by atoms with Crippen LogP contribution in [-0.4, -0.2) is 40.2 Å². The number of nitrogens with zero attached hydrogens (tertiary/aromatic N) is 6. The number of hydrogen-bond acceptors (Lipinski definition) is 6. The van der Waals surface area contributed by atoms with Crippen molar-refractivity contribution in [3.8, 4) is 22.9 Å². The fourth-order valence-electron chi connectivity index (χ4n) is 4.27. The minimum Gasteiger partial charge on any atom is -0.506 e. The Hall–Kier alpha value is -4.14. The average molecular weight is 576 g/mol. The van der Waals surface area contributed by atoms with Gasteiger partial charge < -0.3 is 10.2 Å². The molecule has 0 saturated carbocycles. The molecule has 0 saturated heterocycles.